The highest BCUT2D eigenvalue weighted by molar-refractivity contribution is 5.80. The molecule has 0 amide bonds. The first-order valence-corrected chi connectivity index (χ1v) is 4.64. The van der Waals surface area contributed by atoms with Crippen LogP contribution >= 0.6 is 0 Å². The molecule has 2 heteroatoms. The Morgan fingerprint density at radius 3 is 2.42 bits per heavy atom. The van der Waals surface area contributed by atoms with Gasteiger partial charge in [-0.05, 0) is 30.6 Å². The van der Waals surface area contributed by atoms with E-state index in [1.54, 1.807) is 6.92 Å². The maximum Gasteiger partial charge on any atom is 0.135 e. The number of hydrogen-bond acceptors (Lipinski definition) is 2. The van der Waals surface area contributed by atoms with E-state index in [0.29, 0.717) is 17.3 Å². The van der Waals surface area contributed by atoms with Gasteiger partial charge in [-0.3, -0.25) is 4.79 Å². The van der Waals surface area contributed by atoms with Crippen molar-refractivity contribution in [3.8, 4) is 0 Å². The highest BCUT2D eigenvalue weighted by Gasteiger charge is 2.67. The second-order valence-electron chi connectivity index (χ2n) is 4.89. The van der Waals surface area contributed by atoms with Crippen LogP contribution in [0.5, 0.6) is 0 Å². The van der Waals surface area contributed by atoms with Crippen molar-refractivity contribution in [2.24, 2.45) is 23.2 Å². The molecule has 1 N–H and O–H groups in total. The van der Waals surface area contributed by atoms with Crippen molar-refractivity contribution in [2.75, 3.05) is 0 Å². The third kappa shape index (κ3) is 0.817. The molecule has 2 aliphatic rings. The molecule has 0 aromatic heterocycles. The summed E-state index contributed by atoms with van der Waals surface area (Å²) in [7, 11) is 0. The molecule has 0 unspecified atom stereocenters. The lowest BCUT2D eigenvalue weighted by Crippen LogP contribution is -2.27. The zero-order valence-electron chi connectivity index (χ0n) is 7.87. The van der Waals surface area contributed by atoms with E-state index in [9.17, 15) is 9.90 Å². The number of rotatable bonds is 1. The molecule has 2 aliphatic carbocycles. The quantitative estimate of drug-likeness (QED) is 0.639. The molecular formula is C10H16O2. The predicted octanol–water partition coefficient (Wildman–Crippen LogP) is 1.23. The van der Waals surface area contributed by atoms with Crippen LogP contribution in [0.3, 0.4) is 0 Å². The Morgan fingerprint density at radius 1 is 1.50 bits per heavy atom. The molecule has 0 aromatic rings. The van der Waals surface area contributed by atoms with E-state index in [1.165, 1.54) is 0 Å². The molecule has 0 spiro atoms. The van der Waals surface area contributed by atoms with Gasteiger partial charge in [-0.15, -0.1) is 0 Å². The van der Waals surface area contributed by atoms with Gasteiger partial charge in [0.15, 0.2) is 0 Å². The summed E-state index contributed by atoms with van der Waals surface area (Å²) in [6.45, 7) is 6.00. The maximum atomic E-state index is 11.2. The number of fused-ring (bicyclic) bond motifs is 1. The van der Waals surface area contributed by atoms with Crippen molar-refractivity contribution in [3.63, 3.8) is 0 Å². The summed E-state index contributed by atoms with van der Waals surface area (Å²) in [5.74, 6) is 1.16. The largest absolute Gasteiger partial charge is 0.392 e. The minimum absolute atomic E-state index is 0.0648. The summed E-state index contributed by atoms with van der Waals surface area (Å²) < 4.78 is 0. The second kappa shape index (κ2) is 2.11. The minimum atomic E-state index is -0.356. The van der Waals surface area contributed by atoms with Gasteiger partial charge in [0.25, 0.3) is 0 Å². The Labute approximate surface area is 73.0 Å². The van der Waals surface area contributed by atoms with Crippen molar-refractivity contribution >= 4 is 5.78 Å². The summed E-state index contributed by atoms with van der Waals surface area (Å²) in [6.07, 6.45) is 0.479. The Hall–Kier alpha value is -0.370. The lowest BCUT2D eigenvalue weighted by Gasteiger charge is -2.19. The first-order valence-electron chi connectivity index (χ1n) is 4.64. The minimum Gasteiger partial charge on any atom is -0.392 e. The number of carbonyl (C=O) groups excluding carboxylic acids is 1. The molecule has 2 rings (SSSR count). The van der Waals surface area contributed by atoms with Crippen molar-refractivity contribution in [1.82, 2.24) is 0 Å². The van der Waals surface area contributed by atoms with E-state index in [-0.39, 0.29) is 17.8 Å². The monoisotopic (exact) mass is 168 g/mol. The molecule has 0 bridgehead atoms. The Kier molecular flexibility index (Phi) is 1.45. The Bertz CT molecular complexity index is 232. The van der Waals surface area contributed by atoms with Crippen molar-refractivity contribution in [1.29, 1.82) is 0 Å². The molecule has 0 heterocycles. The van der Waals surface area contributed by atoms with Gasteiger partial charge in [0.1, 0.15) is 5.78 Å². The fourth-order valence-corrected chi connectivity index (χ4v) is 3.12. The van der Waals surface area contributed by atoms with Crippen LogP contribution in [0.4, 0.5) is 0 Å². The zero-order valence-corrected chi connectivity index (χ0v) is 7.87. The van der Waals surface area contributed by atoms with Gasteiger partial charge >= 0.3 is 0 Å². The van der Waals surface area contributed by atoms with Gasteiger partial charge < -0.3 is 5.11 Å². The van der Waals surface area contributed by atoms with Crippen LogP contribution in [-0.2, 0) is 4.79 Å². The van der Waals surface area contributed by atoms with Crippen LogP contribution in [0, 0.1) is 23.2 Å². The number of Topliss-reactive ketones (excluding diaryl/α,β-unsaturated/α-hetero) is 1. The van der Waals surface area contributed by atoms with Gasteiger partial charge in [0, 0.05) is 5.92 Å². The van der Waals surface area contributed by atoms with Crippen LogP contribution in [0.1, 0.15) is 27.2 Å². The number of carbonyl (C=O) groups is 1. The van der Waals surface area contributed by atoms with E-state index >= 15 is 0 Å². The average molecular weight is 168 g/mol. The van der Waals surface area contributed by atoms with Crippen LogP contribution in [0.25, 0.3) is 0 Å². The number of aliphatic hydroxyl groups is 1. The molecule has 0 saturated heterocycles. The zero-order chi connectivity index (χ0) is 9.09. The standard InChI is InChI=1S/C10H16O2/c1-5(11)8-7(12)4-6-9(8)10(6,2)3/h6-9,12H,4H2,1-3H3/t6-,7-,8-,9-/m1/s1. The van der Waals surface area contributed by atoms with Gasteiger partial charge in [0.2, 0.25) is 0 Å². The lowest BCUT2D eigenvalue weighted by molar-refractivity contribution is -0.124. The third-order valence-corrected chi connectivity index (χ3v) is 3.91. The maximum absolute atomic E-state index is 11.2. The fourth-order valence-electron chi connectivity index (χ4n) is 3.12. The summed E-state index contributed by atoms with van der Waals surface area (Å²) in [4.78, 5) is 11.2. The lowest BCUT2D eigenvalue weighted by atomic mass is 9.88. The SMILES string of the molecule is CC(=O)[C@H]1[C@H]2[C@@H](C[C@H]1O)C2(C)C. The number of aliphatic hydroxyl groups excluding tert-OH is 1. The molecule has 12 heavy (non-hydrogen) atoms. The van der Waals surface area contributed by atoms with E-state index in [2.05, 4.69) is 13.8 Å². The smallest absolute Gasteiger partial charge is 0.135 e. The second-order valence-corrected chi connectivity index (χ2v) is 4.89. The molecular weight excluding hydrogens is 152 g/mol. The topological polar surface area (TPSA) is 37.3 Å². The molecule has 0 radical (unpaired) electrons. The summed E-state index contributed by atoms with van der Waals surface area (Å²) in [6, 6.07) is 0. The normalized spacial score (nSPS) is 48.7. The third-order valence-electron chi connectivity index (χ3n) is 3.91. The predicted molar refractivity (Wildman–Crippen MR) is 45.6 cm³/mol. The van der Waals surface area contributed by atoms with Crippen LogP contribution in [0.2, 0.25) is 0 Å². The number of hydrogen-bond donors (Lipinski definition) is 1. The van der Waals surface area contributed by atoms with E-state index < -0.39 is 0 Å². The van der Waals surface area contributed by atoms with Gasteiger partial charge in [-0.1, -0.05) is 13.8 Å². The highest BCUT2D eigenvalue weighted by Crippen LogP contribution is 2.69. The van der Waals surface area contributed by atoms with E-state index in [0.717, 1.165) is 6.42 Å². The summed E-state index contributed by atoms with van der Waals surface area (Å²) in [5, 5.41) is 9.57. The molecule has 2 fully saturated rings. The Morgan fingerprint density at radius 2 is 2.08 bits per heavy atom. The van der Waals surface area contributed by atoms with Crippen LogP contribution in [0.15, 0.2) is 0 Å². The van der Waals surface area contributed by atoms with Gasteiger partial charge in [-0.25, -0.2) is 0 Å². The Balaban J connectivity index is 2.19. The average Bonchev–Trinajstić information content (AvgIpc) is 2.40. The van der Waals surface area contributed by atoms with Crippen LogP contribution in [-0.4, -0.2) is 17.0 Å². The van der Waals surface area contributed by atoms with Gasteiger partial charge in [-0.2, -0.15) is 0 Å². The van der Waals surface area contributed by atoms with Crippen molar-refractivity contribution in [2.45, 2.75) is 33.3 Å². The first-order chi connectivity index (χ1) is 5.46. The molecule has 0 aliphatic heterocycles. The molecule has 68 valence electrons. The van der Waals surface area contributed by atoms with Gasteiger partial charge in [0.05, 0.1) is 6.10 Å². The molecule has 4 atom stereocenters. The fraction of sp³-hybridized carbons (Fsp3) is 0.900. The summed E-state index contributed by atoms with van der Waals surface area (Å²) in [5.41, 5.74) is 0.315. The van der Waals surface area contributed by atoms with Crippen molar-refractivity contribution < 1.29 is 9.90 Å². The number of ketones is 1. The molecule has 2 saturated carbocycles. The first kappa shape index (κ1) is 8.24. The summed E-state index contributed by atoms with van der Waals surface area (Å²) >= 11 is 0. The molecule has 2 nitrogen and oxygen atoms in total. The highest BCUT2D eigenvalue weighted by atomic mass is 16.3. The van der Waals surface area contributed by atoms with E-state index in [4.69, 9.17) is 0 Å². The van der Waals surface area contributed by atoms with Crippen LogP contribution < -0.4 is 0 Å². The van der Waals surface area contributed by atoms with Crippen molar-refractivity contribution in [3.05, 3.63) is 0 Å². The van der Waals surface area contributed by atoms with E-state index in [1.807, 2.05) is 0 Å². The molecule has 0 aromatic carbocycles.